The van der Waals surface area contributed by atoms with Gasteiger partial charge in [0.1, 0.15) is 5.82 Å². The fourth-order valence-corrected chi connectivity index (χ4v) is 3.33. The Morgan fingerprint density at radius 1 is 1.19 bits per heavy atom. The van der Waals surface area contributed by atoms with Crippen molar-refractivity contribution in [3.63, 3.8) is 0 Å². The Labute approximate surface area is 152 Å². The zero-order valence-corrected chi connectivity index (χ0v) is 14.8. The van der Waals surface area contributed by atoms with Crippen LogP contribution in [0.15, 0.2) is 42.5 Å². The normalized spacial score (nSPS) is 10.6. The molecule has 6 nitrogen and oxygen atoms in total. The van der Waals surface area contributed by atoms with Crippen LogP contribution in [0.25, 0.3) is 11.3 Å². The first-order chi connectivity index (χ1) is 12.3. The van der Waals surface area contributed by atoms with E-state index in [0.29, 0.717) is 22.0 Å². The summed E-state index contributed by atoms with van der Waals surface area (Å²) in [5, 5.41) is 14.0. The van der Waals surface area contributed by atoms with Crippen LogP contribution in [0.4, 0.5) is 15.2 Å². The van der Waals surface area contributed by atoms with E-state index in [2.05, 4.69) is 10.3 Å². The summed E-state index contributed by atoms with van der Waals surface area (Å²) < 4.78 is 13.1. The van der Waals surface area contributed by atoms with Crippen LogP contribution in [0, 0.1) is 29.8 Å². The van der Waals surface area contributed by atoms with Gasteiger partial charge < -0.3 is 0 Å². The highest BCUT2D eigenvalue weighted by atomic mass is 32.1. The van der Waals surface area contributed by atoms with Crippen molar-refractivity contribution in [3.05, 3.63) is 74.4 Å². The van der Waals surface area contributed by atoms with Crippen LogP contribution in [0.1, 0.15) is 20.8 Å². The van der Waals surface area contributed by atoms with Crippen LogP contribution in [-0.4, -0.2) is 15.8 Å². The van der Waals surface area contributed by atoms with Gasteiger partial charge in [-0.15, -0.1) is 11.3 Å². The Morgan fingerprint density at radius 3 is 2.50 bits per heavy atom. The standard InChI is InChI=1S/C18H14FN3O3S/c1-10-9-13(5-8-15(10)22(24)25)17(23)21-18-20-16(11(2)26-18)12-3-6-14(19)7-4-12/h3-9H,1-2H3,(H,20,21,23). The van der Waals surface area contributed by atoms with E-state index >= 15 is 0 Å². The van der Waals surface area contributed by atoms with E-state index in [1.807, 2.05) is 6.92 Å². The number of aromatic nitrogens is 1. The van der Waals surface area contributed by atoms with E-state index in [1.165, 1.54) is 41.7 Å². The van der Waals surface area contributed by atoms with Crippen LogP contribution in [0.2, 0.25) is 0 Å². The third-order valence-corrected chi connectivity index (χ3v) is 4.68. The quantitative estimate of drug-likeness (QED) is 0.531. The summed E-state index contributed by atoms with van der Waals surface area (Å²) in [6.45, 7) is 3.44. The number of rotatable bonds is 4. The predicted molar refractivity (Wildman–Crippen MR) is 98.0 cm³/mol. The van der Waals surface area contributed by atoms with Crippen LogP contribution in [0.3, 0.4) is 0 Å². The molecular formula is C18H14FN3O3S. The summed E-state index contributed by atoms with van der Waals surface area (Å²) in [5.74, 6) is -0.730. The van der Waals surface area contributed by atoms with Gasteiger partial charge in [-0.2, -0.15) is 0 Å². The van der Waals surface area contributed by atoms with Gasteiger partial charge in [0.2, 0.25) is 0 Å². The molecule has 0 saturated heterocycles. The molecule has 0 radical (unpaired) electrons. The van der Waals surface area contributed by atoms with E-state index in [1.54, 1.807) is 19.1 Å². The molecule has 0 fully saturated rings. The van der Waals surface area contributed by atoms with Crippen molar-refractivity contribution in [1.82, 2.24) is 4.98 Å². The number of amides is 1. The van der Waals surface area contributed by atoms with Crippen molar-refractivity contribution in [3.8, 4) is 11.3 Å². The molecular weight excluding hydrogens is 357 g/mol. The average Bonchev–Trinajstić information content (AvgIpc) is 2.95. The lowest BCUT2D eigenvalue weighted by molar-refractivity contribution is -0.385. The van der Waals surface area contributed by atoms with Gasteiger partial charge in [-0.1, -0.05) is 0 Å². The summed E-state index contributed by atoms with van der Waals surface area (Å²) in [7, 11) is 0. The third kappa shape index (κ3) is 3.60. The Bertz CT molecular complexity index is 999. The number of nitrogens with zero attached hydrogens (tertiary/aromatic N) is 2. The van der Waals surface area contributed by atoms with Gasteiger partial charge in [-0.05, 0) is 50.2 Å². The molecule has 26 heavy (non-hydrogen) atoms. The molecule has 0 saturated carbocycles. The lowest BCUT2D eigenvalue weighted by Crippen LogP contribution is -2.12. The topological polar surface area (TPSA) is 85.1 Å². The zero-order chi connectivity index (χ0) is 18.8. The van der Waals surface area contributed by atoms with Crippen molar-refractivity contribution in [2.45, 2.75) is 13.8 Å². The lowest BCUT2D eigenvalue weighted by Gasteiger charge is -2.03. The first kappa shape index (κ1) is 17.7. The minimum Gasteiger partial charge on any atom is -0.298 e. The Kier molecular flexibility index (Phi) is 4.77. The highest BCUT2D eigenvalue weighted by Gasteiger charge is 2.16. The molecule has 1 heterocycles. The number of thiazole rings is 1. The fraction of sp³-hybridized carbons (Fsp3) is 0.111. The number of nitro benzene ring substituents is 1. The Balaban J connectivity index is 1.82. The minimum absolute atomic E-state index is 0.0368. The Morgan fingerprint density at radius 2 is 1.88 bits per heavy atom. The minimum atomic E-state index is -0.490. The maximum absolute atomic E-state index is 13.1. The van der Waals surface area contributed by atoms with E-state index in [-0.39, 0.29) is 11.5 Å². The second-order valence-electron chi connectivity index (χ2n) is 5.64. The van der Waals surface area contributed by atoms with Crippen LogP contribution >= 0.6 is 11.3 Å². The largest absolute Gasteiger partial charge is 0.298 e. The number of hydrogen-bond donors (Lipinski definition) is 1. The number of carbonyl (C=O) groups is 1. The summed E-state index contributed by atoms with van der Waals surface area (Å²) in [6.07, 6.45) is 0. The summed E-state index contributed by atoms with van der Waals surface area (Å²) in [4.78, 5) is 28.0. The summed E-state index contributed by atoms with van der Waals surface area (Å²) in [6, 6.07) is 10.1. The van der Waals surface area contributed by atoms with Crippen molar-refractivity contribution in [1.29, 1.82) is 0 Å². The lowest BCUT2D eigenvalue weighted by atomic mass is 10.1. The Hall–Kier alpha value is -3.13. The molecule has 3 rings (SSSR count). The van der Waals surface area contributed by atoms with Gasteiger partial charge in [-0.3, -0.25) is 20.2 Å². The first-order valence-corrected chi connectivity index (χ1v) is 8.46. The van der Waals surface area contributed by atoms with E-state index in [0.717, 1.165) is 10.4 Å². The molecule has 0 aliphatic rings. The molecule has 132 valence electrons. The van der Waals surface area contributed by atoms with Gasteiger partial charge in [0, 0.05) is 27.6 Å². The molecule has 0 atom stereocenters. The molecule has 1 aromatic heterocycles. The van der Waals surface area contributed by atoms with E-state index in [9.17, 15) is 19.3 Å². The SMILES string of the molecule is Cc1cc(C(=O)Nc2nc(-c3ccc(F)cc3)c(C)s2)ccc1[N+](=O)[O-]. The van der Waals surface area contributed by atoms with Crippen molar-refractivity contribution >= 4 is 28.1 Å². The highest BCUT2D eigenvalue weighted by Crippen LogP contribution is 2.31. The van der Waals surface area contributed by atoms with Gasteiger partial charge in [0.05, 0.1) is 10.6 Å². The second kappa shape index (κ2) is 7.01. The molecule has 0 unspecified atom stereocenters. The summed E-state index contributed by atoms with van der Waals surface area (Å²) in [5.41, 5.74) is 2.11. The zero-order valence-electron chi connectivity index (χ0n) is 13.9. The van der Waals surface area contributed by atoms with Gasteiger partial charge >= 0.3 is 0 Å². The van der Waals surface area contributed by atoms with Gasteiger partial charge in [0.15, 0.2) is 5.13 Å². The molecule has 8 heteroatoms. The number of benzene rings is 2. The molecule has 0 bridgehead atoms. The monoisotopic (exact) mass is 371 g/mol. The van der Waals surface area contributed by atoms with Gasteiger partial charge in [-0.25, -0.2) is 9.37 Å². The fourth-order valence-electron chi connectivity index (χ4n) is 2.50. The predicted octanol–water partition coefficient (Wildman–Crippen LogP) is 4.73. The van der Waals surface area contributed by atoms with Crippen LogP contribution < -0.4 is 5.32 Å². The molecule has 1 amide bonds. The molecule has 0 spiro atoms. The van der Waals surface area contributed by atoms with E-state index in [4.69, 9.17) is 0 Å². The number of nitrogens with one attached hydrogen (secondary N) is 1. The number of aryl methyl sites for hydroxylation is 2. The maximum atomic E-state index is 13.1. The number of hydrogen-bond acceptors (Lipinski definition) is 5. The maximum Gasteiger partial charge on any atom is 0.272 e. The molecule has 2 aromatic carbocycles. The molecule has 0 aliphatic heterocycles. The van der Waals surface area contributed by atoms with Crippen molar-refractivity contribution in [2.24, 2.45) is 0 Å². The first-order valence-electron chi connectivity index (χ1n) is 7.65. The molecule has 3 aromatic rings. The number of carbonyl (C=O) groups excluding carboxylic acids is 1. The smallest absolute Gasteiger partial charge is 0.272 e. The molecule has 1 N–H and O–H groups in total. The van der Waals surface area contributed by atoms with Crippen LogP contribution in [-0.2, 0) is 0 Å². The number of halogens is 1. The highest BCUT2D eigenvalue weighted by molar-refractivity contribution is 7.16. The number of nitro groups is 1. The van der Waals surface area contributed by atoms with E-state index < -0.39 is 10.8 Å². The van der Waals surface area contributed by atoms with Crippen LogP contribution in [0.5, 0.6) is 0 Å². The van der Waals surface area contributed by atoms with Crippen molar-refractivity contribution in [2.75, 3.05) is 5.32 Å². The second-order valence-corrected chi connectivity index (χ2v) is 6.85. The number of anilines is 1. The molecule has 0 aliphatic carbocycles. The van der Waals surface area contributed by atoms with Crippen molar-refractivity contribution < 1.29 is 14.1 Å². The third-order valence-electron chi connectivity index (χ3n) is 3.79. The average molecular weight is 371 g/mol. The summed E-state index contributed by atoms with van der Waals surface area (Å²) >= 11 is 1.30. The van der Waals surface area contributed by atoms with Gasteiger partial charge in [0.25, 0.3) is 11.6 Å².